The summed E-state index contributed by atoms with van der Waals surface area (Å²) in [6.07, 6.45) is 0. The largest absolute Gasteiger partial charge is 0.426 e. The van der Waals surface area contributed by atoms with Crippen molar-refractivity contribution in [1.29, 1.82) is 0 Å². The number of hydrogen-bond donors (Lipinski definition) is 0. The van der Waals surface area contributed by atoms with Gasteiger partial charge in [-0.25, -0.2) is 0 Å². The standard InChI is InChI=1S/C19H22ClNO2/c1-12(2)10-21-11-14(9-20)19-16-7-5-4-6-15(16)18(8-17(19)21)23-13(3)22/h4-8,12,14H,9-11H2,1-3H3. The lowest BCUT2D eigenvalue weighted by Gasteiger charge is -2.22. The van der Waals surface area contributed by atoms with Gasteiger partial charge >= 0.3 is 5.97 Å². The van der Waals surface area contributed by atoms with Gasteiger partial charge in [-0.1, -0.05) is 38.1 Å². The van der Waals surface area contributed by atoms with E-state index in [0.717, 1.165) is 29.5 Å². The third-order valence-corrected chi connectivity index (χ3v) is 4.61. The van der Waals surface area contributed by atoms with E-state index in [4.69, 9.17) is 16.3 Å². The van der Waals surface area contributed by atoms with E-state index in [0.29, 0.717) is 23.5 Å². The van der Waals surface area contributed by atoms with Gasteiger partial charge in [-0.05, 0) is 16.9 Å². The van der Waals surface area contributed by atoms with Gasteiger partial charge in [0.1, 0.15) is 5.75 Å². The van der Waals surface area contributed by atoms with E-state index >= 15 is 0 Å². The van der Waals surface area contributed by atoms with Gasteiger partial charge in [0.05, 0.1) is 0 Å². The smallest absolute Gasteiger partial charge is 0.308 e. The van der Waals surface area contributed by atoms with Crippen LogP contribution in [0, 0.1) is 5.92 Å². The lowest BCUT2D eigenvalue weighted by molar-refractivity contribution is -0.131. The topological polar surface area (TPSA) is 29.5 Å². The lowest BCUT2D eigenvalue weighted by Crippen LogP contribution is -2.26. The van der Waals surface area contributed by atoms with Crippen LogP contribution in [0.5, 0.6) is 5.75 Å². The molecule has 1 heterocycles. The van der Waals surface area contributed by atoms with Crippen molar-refractivity contribution in [3.05, 3.63) is 35.9 Å². The maximum Gasteiger partial charge on any atom is 0.308 e. The normalized spacial score (nSPS) is 16.9. The van der Waals surface area contributed by atoms with Gasteiger partial charge in [0.2, 0.25) is 0 Å². The first kappa shape index (κ1) is 16.1. The first-order chi connectivity index (χ1) is 11.0. The van der Waals surface area contributed by atoms with Crippen molar-refractivity contribution in [1.82, 2.24) is 0 Å². The highest BCUT2D eigenvalue weighted by Gasteiger charge is 2.31. The Balaban J connectivity index is 2.21. The Kier molecular flexibility index (Phi) is 4.49. The number of rotatable bonds is 4. The van der Waals surface area contributed by atoms with E-state index in [1.165, 1.54) is 12.5 Å². The molecule has 0 aromatic heterocycles. The molecule has 2 aromatic carbocycles. The van der Waals surface area contributed by atoms with Crippen LogP contribution in [0.1, 0.15) is 32.3 Å². The minimum absolute atomic E-state index is 0.294. The Morgan fingerprint density at radius 2 is 2.04 bits per heavy atom. The molecule has 0 saturated heterocycles. The molecule has 0 spiro atoms. The highest BCUT2D eigenvalue weighted by Crippen LogP contribution is 2.45. The monoisotopic (exact) mass is 331 g/mol. The molecule has 0 fully saturated rings. The van der Waals surface area contributed by atoms with Crippen molar-refractivity contribution in [3.8, 4) is 5.75 Å². The van der Waals surface area contributed by atoms with Gasteiger partial charge in [-0.2, -0.15) is 0 Å². The number of nitrogens with zero attached hydrogens (tertiary/aromatic N) is 1. The highest BCUT2D eigenvalue weighted by molar-refractivity contribution is 6.18. The van der Waals surface area contributed by atoms with Crippen LogP contribution in [0.2, 0.25) is 0 Å². The Bertz CT molecular complexity index is 741. The van der Waals surface area contributed by atoms with Gasteiger partial charge in [0, 0.05) is 49.0 Å². The third-order valence-electron chi connectivity index (χ3n) is 4.24. The molecule has 0 aliphatic carbocycles. The number of hydrogen-bond acceptors (Lipinski definition) is 3. The zero-order valence-electron chi connectivity index (χ0n) is 13.8. The van der Waals surface area contributed by atoms with Crippen molar-refractivity contribution < 1.29 is 9.53 Å². The minimum Gasteiger partial charge on any atom is -0.426 e. The number of ether oxygens (including phenoxy) is 1. The number of benzene rings is 2. The number of fused-ring (bicyclic) bond motifs is 3. The molecule has 0 amide bonds. The molecule has 23 heavy (non-hydrogen) atoms. The Hall–Kier alpha value is -1.74. The van der Waals surface area contributed by atoms with Crippen molar-refractivity contribution in [2.24, 2.45) is 5.92 Å². The molecule has 122 valence electrons. The van der Waals surface area contributed by atoms with E-state index in [1.54, 1.807) is 0 Å². The van der Waals surface area contributed by atoms with Crippen LogP contribution < -0.4 is 9.64 Å². The van der Waals surface area contributed by atoms with E-state index in [9.17, 15) is 4.79 Å². The summed E-state index contributed by atoms with van der Waals surface area (Å²) in [5.41, 5.74) is 2.44. The number of esters is 1. The van der Waals surface area contributed by atoms with Crippen molar-refractivity contribution in [2.75, 3.05) is 23.9 Å². The summed E-state index contributed by atoms with van der Waals surface area (Å²) in [5, 5.41) is 2.11. The number of anilines is 1. The molecule has 3 rings (SSSR count). The summed E-state index contributed by atoms with van der Waals surface area (Å²) in [7, 11) is 0. The molecule has 3 nitrogen and oxygen atoms in total. The average molecular weight is 332 g/mol. The molecule has 1 aliphatic rings. The summed E-state index contributed by atoms with van der Waals surface area (Å²) in [6.45, 7) is 7.75. The van der Waals surface area contributed by atoms with Crippen molar-refractivity contribution >= 4 is 34.0 Å². The van der Waals surface area contributed by atoms with E-state index < -0.39 is 0 Å². The summed E-state index contributed by atoms with van der Waals surface area (Å²) in [6, 6.07) is 10.1. The van der Waals surface area contributed by atoms with Crippen LogP contribution in [0.15, 0.2) is 30.3 Å². The Labute approximate surface area is 142 Å². The molecule has 4 heteroatoms. The third kappa shape index (κ3) is 3.02. The van der Waals surface area contributed by atoms with Gasteiger partial charge in [-0.15, -0.1) is 11.6 Å². The number of carbonyl (C=O) groups excluding carboxylic acids is 1. The first-order valence-electron chi connectivity index (χ1n) is 8.06. The molecule has 2 aromatic rings. The second kappa shape index (κ2) is 6.40. The van der Waals surface area contributed by atoms with Crippen LogP contribution in [-0.2, 0) is 4.79 Å². The van der Waals surface area contributed by atoms with Gasteiger partial charge in [0.15, 0.2) is 0 Å². The number of alkyl halides is 1. The average Bonchev–Trinajstić information content (AvgIpc) is 2.84. The fourth-order valence-electron chi connectivity index (χ4n) is 3.48. The Morgan fingerprint density at radius 1 is 1.35 bits per heavy atom. The maximum absolute atomic E-state index is 11.5. The fourth-order valence-corrected chi connectivity index (χ4v) is 3.73. The number of carbonyl (C=O) groups is 1. The Morgan fingerprint density at radius 3 is 2.65 bits per heavy atom. The predicted octanol–water partition coefficient (Wildman–Crippen LogP) is 4.56. The molecule has 1 unspecified atom stereocenters. The molecule has 0 radical (unpaired) electrons. The maximum atomic E-state index is 11.5. The van der Waals surface area contributed by atoms with E-state index in [1.807, 2.05) is 24.3 Å². The SMILES string of the molecule is CC(=O)Oc1cc2c(c3ccccc13)C(CCl)CN2CC(C)C. The fraction of sp³-hybridized carbons (Fsp3) is 0.421. The molecule has 0 bridgehead atoms. The molecule has 0 saturated carbocycles. The molecule has 0 N–H and O–H groups in total. The minimum atomic E-state index is -0.294. The van der Waals surface area contributed by atoms with Gasteiger partial charge in [0.25, 0.3) is 0 Å². The van der Waals surface area contributed by atoms with Crippen LogP contribution in [-0.4, -0.2) is 24.9 Å². The lowest BCUT2D eigenvalue weighted by atomic mass is 9.95. The number of halogens is 1. The summed E-state index contributed by atoms with van der Waals surface area (Å²) < 4.78 is 5.48. The van der Waals surface area contributed by atoms with Crippen LogP contribution >= 0.6 is 11.6 Å². The second-order valence-corrected chi connectivity index (χ2v) is 6.91. The van der Waals surface area contributed by atoms with E-state index in [2.05, 4.69) is 24.8 Å². The van der Waals surface area contributed by atoms with Crippen LogP contribution in [0.25, 0.3) is 10.8 Å². The highest BCUT2D eigenvalue weighted by atomic mass is 35.5. The molecular weight excluding hydrogens is 310 g/mol. The van der Waals surface area contributed by atoms with Crippen LogP contribution in [0.4, 0.5) is 5.69 Å². The van der Waals surface area contributed by atoms with Crippen molar-refractivity contribution in [2.45, 2.75) is 26.7 Å². The summed E-state index contributed by atoms with van der Waals surface area (Å²) in [5.74, 6) is 1.80. The zero-order chi connectivity index (χ0) is 16.6. The predicted molar refractivity (Wildman–Crippen MR) is 95.8 cm³/mol. The molecule has 1 atom stereocenters. The quantitative estimate of drug-likeness (QED) is 0.467. The second-order valence-electron chi connectivity index (χ2n) is 6.60. The molecule has 1 aliphatic heterocycles. The molecular formula is C19H22ClNO2. The van der Waals surface area contributed by atoms with Gasteiger partial charge < -0.3 is 9.64 Å². The first-order valence-corrected chi connectivity index (χ1v) is 8.59. The summed E-state index contributed by atoms with van der Waals surface area (Å²) >= 11 is 6.25. The van der Waals surface area contributed by atoms with E-state index in [-0.39, 0.29) is 5.97 Å². The summed E-state index contributed by atoms with van der Waals surface area (Å²) in [4.78, 5) is 13.8. The van der Waals surface area contributed by atoms with Crippen LogP contribution in [0.3, 0.4) is 0 Å². The van der Waals surface area contributed by atoms with Gasteiger partial charge in [-0.3, -0.25) is 4.79 Å². The van der Waals surface area contributed by atoms with Crippen molar-refractivity contribution in [3.63, 3.8) is 0 Å². The zero-order valence-corrected chi connectivity index (χ0v) is 14.6.